The lowest BCUT2D eigenvalue weighted by Gasteiger charge is -2.18. The maximum atomic E-state index is 12.1. The molecule has 0 radical (unpaired) electrons. The largest absolute Gasteiger partial charge is 0.497 e. The zero-order chi connectivity index (χ0) is 19.0. The number of methoxy groups -OCH3 is 2. The lowest BCUT2D eigenvalue weighted by Crippen LogP contribution is -2.20. The molecule has 0 amide bonds. The highest BCUT2D eigenvalue weighted by atomic mass is 16.5. The number of H-pyrrole nitrogens is 1. The van der Waals surface area contributed by atoms with Crippen LogP contribution in [0.5, 0.6) is 11.5 Å². The maximum absolute atomic E-state index is 12.1. The summed E-state index contributed by atoms with van der Waals surface area (Å²) in [5, 5.41) is 3.23. The van der Waals surface area contributed by atoms with Crippen molar-refractivity contribution in [2.75, 3.05) is 27.3 Å². The average molecular weight is 368 g/mol. The number of fused-ring (bicyclic) bond motifs is 1. The number of aryl methyl sites for hydroxylation is 1. The molecule has 1 atom stereocenters. The highest BCUT2D eigenvalue weighted by Gasteiger charge is 2.26. The number of hydrogen-bond acceptors (Lipinski definition) is 5. The van der Waals surface area contributed by atoms with E-state index in [9.17, 15) is 4.79 Å². The van der Waals surface area contributed by atoms with Crippen LogP contribution in [0.2, 0.25) is 0 Å². The van der Waals surface area contributed by atoms with E-state index in [2.05, 4.69) is 21.0 Å². The quantitative estimate of drug-likeness (QED) is 0.748. The fraction of sp³-hybridized carbons (Fsp3) is 0.400. The normalized spacial score (nSPS) is 17.5. The van der Waals surface area contributed by atoms with Crippen LogP contribution in [0.25, 0.3) is 5.65 Å². The molecule has 27 heavy (non-hydrogen) atoms. The zero-order valence-electron chi connectivity index (χ0n) is 15.9. The van der Waals surface area contributed by atoms with Gasteiger partial charge >= 0.3 is 0 Å². The molecule has 1 fully saturated rings. The summed E-state index contributed by atoms with van der Waals surface area (Å²) in [4.78, 5) is 19.0. The lowest BCUT2D eigenvalue weighted by molar-refractivity contribution is 0.315. The van der Waals surface area contributed by atoms with E-state index >= 15 is 0 Å². The molecule has 142 valence electrons. The van der Waals surface area contributed by atoms with Crippen molar-refractivity contribution in [2.24, 2.45) is 0 Å². The van der Waals surface area contributed by atoms with E-state index in [0.29, 0.717) is 11.6 Å². The summed E-state index contributed by atoms with van der Waals surface area (Å²) in [6.07, 6.45) is 1.04. The minimum Gasteiger partial charge on any atom is -0.497 e. The number of ether oxygens (including phenoxy) is 2. The molecule has 0 bridgehead atoms. The van der Waals surface area contributed by atoms with Gasteiger partial charge in [0.25, 0.3) is 5.56 Å². The molecule has 1 aromatic carbocycles. The molecule has 4 rings (SSSR count). The summed E-state index contributed by atoms with van der Waals surface area (Å²) >= 11 is 0. The van der Waals surface area contributed by atoms with E-state index in [1.807, 2.05) is 25.1 Å². The summed E-state index contributed by atoms with van der Waals surface area (Å²) in [5.41, 5.74) is 3.57. The second-order valence-electron chi connectivity index (χ2n) is 7.04. The van der Waals surface area contributed by atoms with Crippen molar-refractivity contribution in [1.29, 1.82) is 0 Å². The standard InChI is InChI=1S/C20H24N4O3/c1-13-8-20(25)24-19(21-13)10-17(22-24)14-6-7-23(11-14)12-15-4-5-16(26-2)9-18(15)27-3/h4-5,8-10,14,22H,6-7,11-12H2,1-3H3/t14-/m0/s1. The van der Waals surface area contributed by atoms with Crippen LogP contribution in [-0.2, 0) is 6.54 Å². The van der Waals surface area contributed by atoms with Crippen molar-refractivity contribution >= 4 is 5.65 Å². The van der Waals surface area contributed by atoms with Crippen molar-refractivity contribution in [3.05, 3.63) is 57.6 Å². The molecule has 0 saturated carbocycles. The Morgan fingerprint density at radius 2 is 2.07 bits per heavy atom. The molecule has 3 heterocycles. The summed E-state index contributed by atoms with van der Waals surface area (Å²) < 4.78 is 12.3. The molecule has 3 aromatic rings. The molecule has 7 nitrogen and oxygen atoms in total. The van der Waals surface area contributed by atoms with Gasteiger partial charge in [0.1, 0.15) is 11.5 Å². The van der Waals surface area contributed by atoms with E-state index in [0.717, 1.165) is 54.5 Å². The van der Waals surface area contributed by atoms with Gasteiger partial charge in [-0.15, -0.1) is 0 Å². The van der Waals surface area contributed by atoms with Gasteiger partial charge in [0.2, 0.25) is 0 Å². The van der Waals surface area contributed by atoms with Crippen molar-refractivity contribution in [3.63, 3.8) is 0 Å². The number of nitrogens with one attached hydrogen (secondary N) is 1. The number of aromatic amines is 1. The molecule has 1 aliphatic heterocycles. The molecular formula is C20H24N4O3. The Balaban J connectivity index is 1.51. The van der Waals surface area contributed by atoms with Crippen LogP contribution in [0, 0.1) is 6.92 Å². The summed E-state index contributed by atoms with van der Waals surface area (Å²) in [6, 6.07) is 9.48. The highest BCUT2D eigenvalue weighted by molar-refractivity contribution is 5.42. The van der Waals surface area contributed by atoms with E-state index < -0.39 is 0 Å². The van der Waals surface area contributed by atoms with Crippen LogP contribution in [0.15, 0.2) is 35.1 Å². The van der Waals surface area contributed by atoms with Gasteiger partial charge in [0.05, 0.1) is 14.2 Å². The van der Waals surface area contributed by atoms with Crippen molar-refractivity contribution in [2.45, 2.75) is 25.8 Å². The highest BCUT2D eigenvalue weighted by Crippen LogP contribution is 2.31. The van der Waals surface area contributed by atoms with Crippen LogP contribution in [-0.4, -0.2) is 46.8 Å². The van der Waals surface area contributed by atoms with Gasteiger partial charge in [0, 0.05) is 54.2 Å². The predicted octanol–water partition coefficient (Wildman–Crippen LogP) is 2.34. The lowest BCUT2D eigenvalue weighted by atomic mass is 10.1. The molecule has 0 spiro atoms. The molecule has 0 unspecified atom stereocenters. The van der Waals surface area contributed by atoms with Crippen LogP contribution in [0.4, 0.5) is 0 Å². The first kappa shape index (κ1) is 17.6. The molecule has 1 N–H and O–H groups in total. The Hall–Kier alpha value is -2.80. The van der Waals surface area contributed by atoms with Gasteiger partial charge in [-0.25, -0.2) is 9.50 Å². The number of likely N-dealkylation sites (tertiary alicyclic amines) is 1. The Morgan fingerprint density at radius 1 is 1.22 bits per heavy atom. The number of aromatic nitrogens is 3. The minimum atomic E-state index is -0.0680. The van der Waals surface area contributed by atoms with Crippen molar-refractivity contribution < 1.29 is 9.47 Å². The van der Waals surface area contributed by atoms with Gasteiger partial charge in [-0.2, -0.15) is 0 Å². The Bertz CT molecular complexity index is 1020. The zero-order valence-corrected chi connectivity index (χ0v) is 15.9. The fourth-order valence-electron chi connectivity index (χ4n) is 3.79. The van der Waals surface area contributed by atoms with E-state index in [4.69, 9.17) is 9.47 Å². The minimum absolute atomic E-state index is 0.0680. The topological polar surface area (TPSA) is 71.9 Å². The fourth-order valence-corrected chi connectivity index (χ4v) is 3.79. The third-order valence-electron chi connectivity index (χ3n) is 5.20. The first-order valence-corrected chi connectivity index (χ1v) is 9.10. The molecule has 1 saturated heterocycles. The number of hydrogen-bond donors (Lipinski definition) is 1. The molecule has 0 aliphatic carbocycles. The number of nitrogens with zero attached hydrogens (tertiary/aromatic N) is 3. The first-order valence-electron chi connectivity index (χ1n) is 9.10. The SMILES string of the molecule is COc1ccc(CN2CC[C@H](c3cc4nc(C)cc(=O)n4[nH]3)C2)c(OC)c1. The maximum Gasteiger partial charge on any atom is 0.272 e. The predicted molar refractivity (Wildman–Crippen MR) is 103 cm³/mol. The van der Waals surface area contributed by atoms with Crippen molar-refractivity contribution in [3.8, 4) is 11.5 Å². The molecule has 2 aromatic heterocycles. The van der Waals surface area contributed by atoms with E-state index in [1.165, 1.54) is 4.52 Å². The van der Waals surface area contributed by atoms with Crippen LogP contribution >= 0.6 is 0 Å². The first-order chi connectivity index (χ1) is 13.1. The van der Waals surface area contributed by atoms with Gasteiger partial charge in [-0.3, -0.25) is 14.8 Å². The molecule has 1 aliphatic rings. The Morgan fingerprint density at radius 3 is 2.85 bits per heavy atom. The average Bonchev–Trinajstić information content (AvgIpc) is 3.29. The van der Waals surface area contributed by atoms with E-state index in [-0.39, 0.29) is 5.56 Å². The monoisotopic (exact) mass is 368 g/mol. The van der Waals surface area contributed by atoms with Crippen molar-refractivity contribution in [1.82, 2.24) is 19.5 Å². The van der Waals surface area contributed by atoms with Gasteiger partial charge in [0.15, 0.2) is 5.65 Å². The number of benzene rings is 1. The number of rotatable bonds is 5. The van der Waals surface area contributed by atoms with E-state index in [1.54, 1.807) is 20.3 Å². The smallest absolute Gasteiger partial charge is 0.272 e. The molecular weight excluding hydrogens is 344 g/mol. The van der Waals surface area contributed by atoms with Crippen LogP contribution in [0.1, 0.15) is 29.3 Å². The molecule has 7 heteroatoms. The third kappa shape index (κ3) is 3.42. The van der Waals surface area contributed by atoms with Gasteiger partial charge in [-0.1, -0.05) is 6.07 Å². The second kappa shape index (κ2) is 7.08. The Kier molecular flexibility index (Phi) is 4.61. The summed E-state index contributed by atoms with van der Waals surface area (Å²) in [5.74, 6) is 1.99. The second-order valence-corrected chi connectivity index (χ2v) is 7.04. The summed E-state index contributed by atoms with van der Waals surface area (Å²) in [7, 11) is 3.34. The van der Waals surface area contributed by atoms with Crippen LogP contribution < -0.4 is 15.0 Å². The van der Waals surface area contributed by atoms with Gasteiger partial charge < -0.3 is 9.47 Å². The third-order valence-corrected chi connectivity index (χ3v) is 5.20. The summed E-state index contributed by atoms with van der Waals surface area (Å²) in [6.45, 7) is 4.58. The van der Waals surface area contributed by atoms with Gasteiger partial charge in [-0.05, 0) is 26.0 Å². The Labute approximate surface area is 157 Å². The van der Waals surface area contributed by atoms with Crippen LogP contribution in [0.3, 0.4) is 0 Å².